The monoisotopic (exact) mass is 433 g/mol. The molecule has 0 saturated carbocycles. The molecule has 0 radical (unpaired) electrons. The molecule has 0 unspecified atom stereocenters. The average Bonchev–Trinajstić information content (AvgIpc) is 3.25. The van der Waals surface area contributed by atoms with Crippen LogP contribution in [-0.4, -0.2) is 25.7 Å². The second-order valence-corrected chi connectivity index (χ2v) is 9.10. The maximum absolute atomic E-state index is 13.9. The van der Waals surface area contributed by atoms with Crippen molar-refractivity contribution in [3.05, 3.63) is 57.6 Å². The fourth-order valence-electron chi connectivity index (χ4n) is 2.76. The van der Waals surface area contributed by atoms with Crippen LogP contribution < -0.4 is 5.32 Å². The number of carbonyl (C=O) groups excluding carboxylic acids is 1. The molecule has 29 heavy (non-hydrogen) atoms. The summed E-state index contributed by atoms with van der Waals surface area (Å²) in [6, 6.07) is 6.73. The predicted octanol–water partition coefficient (Wildman–Crippen LogP) is 3.99. The third-order valence-corrected chi connectivity index (χ3v) is 5.95. The lowest BCUT2D eigenvalue weighted by atomic mass is 10.2. The van der Waals surface area contributed by atoms with Crippen LogP contribution in [0.3, 0.4) is 0 Å². The van der Waals surface area contributed by atoms with Gasteiger partial charge in [0.15, 0.2) is 11.0 Å². The number of aromatic nitrogens is 4. The molecule has 0 saturated heterocycles. The maximum atomic E-state index is 13.9. The molecular formula is C20H24FN5OS2. The van der Waals surface area contributed by atoms with Crippen LogP contribution in [-0.2, 0) is 30.1 Å². The summed E-state index contributed by atoms with van der Waals surface area (Å²) in [5, 5.41) is 15.0. The molecule has 1 N–H and O–H groups in total. The Hall–Kier alpha value is -2.26. The average molecular weight is 434 g/mol. The van der Waals surface area contributed by atoms with Gasteiger partial charge in [-0.15, -0.1) is 21.5 Å². The highest BCUT2D eigenvalue weighted by atomic mass is 32.2. The van der Waals surface area contributed by atoms with E-state index in [9.17, 15) is 9.18 Å². The van der Waals surface area contributed by atoms with Gasteiger partial charge in [0.05, 0.1) is 23.7 Å². The zero-order valence-electron chi connectivity index (χ0n) is 16.7. The fourth-order valence-corrected chi connectivity index (χ4v) is 4.32. The summed E-state index contributed by atoms with van der Waals surface area (Å²) >= 11 is 2.98. The van der Waals surface area contributed by atoms with Gasteiger partial charge in [0, 0.05) is 17.7 Å². The lowest BCUT2D eigenvalue weighted by Crippen LogP contribution is -2.26. The van der Waals surface area contributed by atoms with Crippen LogP contribution >= 0.6 is 23.1 Å². The highest BCUT2D eigenvalue weighted by Gasteiger charge is 2.16. The molecule has 2 heterocycles. The van der Waals surface area contributed by atoms with Crippen LogP contribution in [0.15, 0.2) is 34.8 Å². The highest BCUT2D eigenvalue weighted by molar-refractivity contribution is 7.98. The lowest BCUT2D eigenvalue weighted by molar-refractivity contribution is -0.120. The van der Waals surface area contributed by atoms with Crippen LogP contribution in [0.25, 0.3) is 0 Å². The summed E-state index contributed by atoms with van der Waals surface area (Å²) in [5.41, 5.74) is 1.40. The first kappa shape index (κ1) is 21.4. The molecule has 3 rings (SSSR count). The number of nitrogens with zero attached hydrogens (tertiary/aromatic N) is 4. The molecule has 3 aromatic rings. The first-order chi connectivity index (χ1) is 13.9. The molecule has 154 valence electrons. The minimum absolute atomic E-state index is 0.102. The van der Waals surface area contributed by atoms with E-state index in [1.54, 1.807) is 12.1 Å². The first-order valence-corrected chi connectivity index (χ1v) is 11.2. The number of halogens is 1. The Morgan fingerprint density at radius 2 is 2.10 bits per heavy atom. The number of amides is 1. The van der Waals surface area contributed by atoms with E-state index in [2.05, 4.69) is 34.3 Å². The Bertz CT molecular complexity index is 969. The minimum atomic E-state index is -0.223. The van der Waals surface area contributed by atoms with E-state index in [1.165, 1.54) is 29.2 Å². The van der Waals surface area contributed by atoms with E-state index in [0.29, 0.717) is 29.6 Å². The number of hydrogen-bond acceptors (Lipinski definition) is 6. The Morgan fingerprint density at radius 3 is 2.79 bits per heavy atom. The van der Waals surface area contributed by atoms with E-state index >= 15 is 0 Å². The number of thioether (sulfide) groups is 1. The summed E-state index contributed by atoms with van der Waals surface area (Å²) < 4.78 is 15.9. The van der Waals surface area contributed by atoms with Crippen molar-refractivity contribution in [1.29, 1.82) is 0 Å². The minimum Gasteiger partial charge on any atom is -0.348 e. The van der Waals surface area contributed by atoms with Gasteiger partial charge >= 0.3 is 0 Å². The number of benzene rings is 1. The first-order valence-electron chi connectivity index (χ1n) is 9.38. The molecule has 0 fully saturated rings. The Balaban J connectivity index is 1.65. The van der Waals surface area contributed by atoms with E-state index in [1.807, 2.05) is 22.9 Å². The standard InChI is InChI=1S/C20H24FN5OS2/c1-13(2)10-26-18(9-22-19(27)8-16-12-28-14(3)23-16)24-25-20(26)29-11-15-6-4-5-7-17(15)21/h4-7,12-13H,8-11H2,1-3H3,(H,22,27). The molecule has 0 atom stereocenters. The number of carbonyl (C=O) groups is 1. The number of hydrogen-bond donors (Lipinski definition) is 1. The summed E-state index contributed by atoms with van der Waals surface area (Å²) in [7, 11) is 0. The van der Waals surface area contributed by atoms with E-state index in [0.717, 1.165) is 22.4 Å². The highest BCUT2D eigenvalue weighted by Crippen LogP contribution is 2.24. The summed E-state index contributed by atoms with van der Waals surface area (Å²) in [5.74, 6) is 1.22. The van der Waals surface area contributed by atoms with Crippen LogP contribution in [0.2, 0.25) is 0 Å². The van der Waals surface area contributed by atoms with Crippen molar-refractivity contribution >= 4 is 29.0 Å². The van der Waals surface area contributed by atoms with Gasteiger partial charge in [0.2, 0.25) is 5.91 Å². The Morgan fingerprint density at radius 1 is 1.31 bits per heavy atom. The summed E-state index contributed by atoms with van der Waals surface area (Å²) in [6.45, 7) is 7.16. The molecule has 0 bridgehead atoms. The molecule has 0 aliphatic rings. The Labute approximate surface area is 178 Å². The fraction of sp³-hybridized carbons (Fsp3) is 0.400. The van der Waals surface area contributed by atoms with Gasteiger partial charge in [0.1, 0.15) is 5.82 Å². The second-order valence-electron chi connectivity index (χ2n) is 7.09. The van der Waals surface area contributed by atoms with Gasteiger partial charge in [-0.05, 0) is 24.5 Å². The van der Waals surface area contributed by atoms with Crippen LogP contribution in [0.1, 0.15) is 35.9 Å². The van der Waals surface area contributed by atoms with Gasteiger partial charge in [0.25, 0.3) is 0 Å². The van der Waals surface area contributed by atoms with Gasteiger partial charge in [-0.3, -0.25) is 4.79 Å². The predicted molar refractivity (Wildman–Crippen MR) is 113 cm³/mol. The van der Waals surface area contributed by atoms with Crippen LogP contribution in [0, 0.1) is 18.7 Å². The molecule has 0 aliphatic carbocycles. The van der Waals surface area contributed by atoms with Crippen molar-refractivity contribution in [2.24, 2.45) is 5.92 Å². The molecule has 2 aromatic heterocycles. The van der Waals surface area contributed by atoms with Crippen molar-refractivity contribution in [2.75, 3.05) is 0 Å². The van der Waals surface area contributed by atoms with Crippen molar-refractivity contribution in [3.63, 3.8) is 0 Å². The largest absolute Gasteiger partial charge is 0.348 e. The van der Waals surface area contributed by atoms with Crippen molar-refractivity contribution < 1.29 is 9.18 Å². The van der Waals surface area contributed by atoms with E-state index < -0.39 is 0 Å². The van der Waals surface area contributed by atoms with Gasteiger partial charge < -0.3 is 9.88 Å². The van der Waals surface area contributed by atoms with Gasteiger partial charge in [-0.25, -0.2) is 9.37 Å². The van der Waals surface area contributed by atoms with E-state index in [4.69, 9.17) is 0 Å². The molecular weight excluding hydrogens is 409 g/mol. The third kappa shape index (κ3) is 6.11. The molecule has 0 aliphatic heterocycles. The molecule has 9 heteroatoms. The second kappa shape index (κ2) is 9.98. The smallest absolute Gasteiger partial charge is 0.226 e. The third-order valence-electron chi connectivity index (χ3n) is 4.11. The van der Waals surface area contributed by atoms with Crippen LogP contribution in [0.5, 0.6) is 0 Å². The number of rotatable bonds is 9. The van der Waals surface area contributed by atoms with Crippen molar-refractivity contribution in [2.45, 2.75) is 51.2 Å². The Kier molecular flexibility index (Phi) is 7.38. The number of nitrogens with one attached hydrogen (secondary N) is 1. The topological polar surface area (TPSA) is 72.7 Å². The van der Waals surface area contributed by atoms with Crippen LogP contribution in [0.4, 0.5) is 4.39 Å². The number of aryl methyl sites for hydroxylation is 1. The zero-order valence-corrected chi connectivity index (χ0v) is 18.3. The molecule has 0 spiro atoms. The maximum Gasteiger partial charge on any atom is 0.226 e. The van der Waals surface area contributed by atoms with E-state index in [-0.39, 0.29) is 18.1 Å². The normalized spacial score (nSPS) is 11.2. The summed E-state index contributed by atoms with van der Waals surface area (Å²) in [6.07, 6.45) is 0.248. The quantitative estimate of drug-likeness (QED) is 0.517. The zero-order chi connectivity index (χ0) is 20.8. The lowest BCUT2D eigenvalue weighted by Gasteiger charge is -2.13. The van der Waals surface area contributed by atoms with Gasteiger partial charge in [-0.1, -0.05) is 43.8 Å². The number of thiazole rings is 1. The van der Waals surface area contributed by atoms with Crippen molar-refractivity contribution in [3.8, 4) is 0 Å². The molecule has 6 nitrogen and oxygen atoms in total. The van der Waals surface area contributed by atoms with Crippen molar-refractivity contribution in [1.82, 2.24) is 25.1 Å². The SMILES string of the molecule is Cc1nc(CC(=O)NCc2nnc(SCc3ccccc3F)n2CC(C)C)cs1. The molecule has 1 amide bonds. The van der Waals surface area contributed by atoms with Gasteiger partial charge in [-0.2, -0.15) is 0 Å². The summed E-state index contributed by atoms with van der Waals surface area (Å²) in [4.78, 5) is 16.6. The molecule has 1 aromatic carbocycles.